The van der Waals surface area contributed by atoms with Crippen LogP contribution in [0.3, 0.4) is 0 Å². The van der Waals surface area contributed by atoms with Gasteiger partial charge in [0.2, 0.25) is 5.91 Å². The van der Waals surface area contributed by atoms with E-state index in [0.29, 0.717) is 6.42 Å². The number of primary amides is 1. The van der Waals surface area contributed by atoms with Crippen LogP contribution in [0.2, 0.25) is 0 Å². The van der Waals surface area contributed by atoms with Gasteiger partial charge >= 0.3 is 11.9 Å². The van der Waals surface area contributed by atoms with Crippen molar-refractivity contribution in [2.75, 3.05) is 13.2 Å². The zero-order valence-corrected chi connectivity index (χ0v) is 15.4. The third-order valence-corrected chi connectivity index (χ3v) is 4.09. The lowest BCUT2D eigenvalue weighted by molar-refractivity contribution is -0.174. The molecule has 0 aliphatic carbocycles. The monoisotopic (exact) mass is 399 g/mol. The van der Waals surface area contributed by atoms with Gasteiger partial charge in [-0.25, -0.2) is 0 Å². The van der Waals surface area contributed by atoms with E-state index in [1.54, 1.807) is 13.8 Å². The number of benzene rings is 1. The first kappa shape index (κ1) is 20.2. The van der Waals surface area contributed by atoms with Gasteiger partial charge in [-0.2, -0.15) is 0 Å². The molecule has 0 aromatic heterocycles. The van der Waals surface area contributed by atoms with Crippen LogP contribution in [-0.4, -0.2) is 31.1 Å². The Balaban J connectivity index is 3.11. The Kier molecular flexibility index (Phi) is 7.91. The molecule has 0 fully saturated rings. The van der Waals surface area contributed by atoms with Crippen LogP contribution in [0.15, 0.2) is 28.7 Å². The van der Waals surface area contributed by atoms with Crippen molar-refractivity contribution in [3.63, 3.8) is 0 Å². The molecule has 2 N–H and O–H groups in total. The number of aryl methyl sites for hydroxylation is 1. The second-order valence-electron chi connectivity index (χ2n) is 5.29. The van der Waals surface area contributed by atoms with Crippen molar-refractivity contribution in [1.29, 1.82) is 0 Å². The number of carbonyl (C=O) groups excluding carboxylic acids is 3. The SMILES string of the molecule is CCOC(=O)C(CCc1ccc(Br)cc1)(CC(N)=O)C(=O)OCC. The van der Waals surface area contributed by atoms with Crippen molar-refractivity contribution >= 4 is 33.8 Å². The molecule has 24 heavy (non-hydrogen) atoms. The van der Waals surface area contributed by atoms with E-state index >= 15 is 0 Å². The summed E-state index contributed by atoms with van der Waals surface area (Å²) in [7, 11) is 0. The number of halogens is 1. The topological polar surface area (TPSA) is 95.7 Å². The Hall–Kier alpha value is -1.89. The number of carbonyl (C=O) groups is 3. The smallest absolute Gasteiger partial charge is 0.324 e. The molecule has 0 saturated carbocycles. The second-order valence-corrected chi connectivity index (χ2v) is 6.21. The first-order chi connectivity index (χ1) is 11.4. The molecular weight excluding hydrogens is 378 g/mol. The molecule has 0 radical (unpaired) electrons. The molecule has 1 amide bonds. The summed E-state index contributed by atoms with van der Waals surface area (Å²) in [6.07, 6.45) is 0.0363. The number of hydrogen-bond donors (Lipinski definition) is 1. The Bertz CT molecular complexity index is 567. The van der Waals surface area contributed by atoms with E-state index in [0.717, 1.165) is 10.0 Å². The summed E-state index contributed by atoms with van der Waals surface area (Å²) in [6.45, 7) is 3.45. The van der Waals surface area contributed by atoms with E-state index in [9.17, 15) is 14.4 Å². The van der Waals surface area contributed by atoms with E-state index in [1.165, 1.54) is 0 Å². The highest BCUT2D eigenvalue weighted by atomic mass is 79.9. The standard InChI is InChI=1S/C17H22BrNO5/c1-3-23-15(21)17(11-14(19)20,16(22)24-4-2)10-9-12-5-7-13(18)8-6-12/h5-8H,3-4,9-11H2,1-2H3,(H2,19,20). The number of nitrogens with two attached hydrogens (primary N) is 1. The van der Waals surface area contributed by atoms with Gasteiger partial charge < -0.3 is 15.2 Å². The Labute approximate surface area is 149 Å². The van der Waals surface area contributed by atoms with Gasteiger partial charge in [-0.1, -0.05) is 28.1 Å². The number of rotatable bonds is 9. The summed E-state index contributed by atoms with van der Waals surface area (Å²) < 4.78 is 11.0. The molecule has 0 aliphatic rings. The van der Waals surface area contributed by atoms with Gasteiger partial charge in [0.25, 0.3) is 0 Å². The predicted molar refractivity (Wildman–Crippen MR) is 92.0 cm³/mol. The molecule has 1 aromatic rings. The summed E-state index contributed by atoms with van der Waals surface area (Å²) in [5.41, 5.74) is 4.47. The van der Waals surface area contributed by atoms with Crippen LogP contribution in [0, 0.1) is 5.41 Å². The van der Waals surface area contributed by atoms with Crippen molar-refractivity contribution in [2.24, 2.45) is 11.1 Å². The molecule has 0 aliphatic heterocycles. The molecule has 0 atom stereocenters. The highest BCUT2D eigenvalue weighted by Crippen LogP contribution is 2.32. The van der Waals surface area contributed by atoms with E-state index in [-0.39, 0.29) is 19.6 Å². The van der Waals surface area contributed by atoms with Gasteiger partial charge in [-0.3, -0.25) is 14.4 Å². The zero-order chi connectivity index (χ0) is 18.2. The lowest BCUT2D eigenvalue weighted by Gasteiger charge is -2.28. The van der Waals surface area contributed by atoms with E-state index in [4.69, 9.17) is 15.2 Å². The normalized spacial score (nSPS) is 11.0. The second kappa shape index (κ2) is 9.42. The lowest BCUT2D eigenvalue weighted by atomic mass is 9.78. The highest BCUT2D eigenvalue weighted by molar-refractivity contribution is 9.10. The maximum atomic E-state index is 12.5. The Morgan fingerprint density at radius 2 is 1.54 bits per heavy atom. The number of esters is 2. The summed E-state index contributed by atoms with van der Waals surface area (Å²) >= 11 is 3.35. The average molecular weight is 400 g/mol. The van der Waals surface area contributed by atoms with Crippen molar-refractivity contribution in [2.45, 2.75) is 33.1 Å². The molecule has 7 heteroatoms. The molecule has 1 aromatic carbocycles. The summed E-state index contributed by atoms with van der Waals surface area (Å²) in [6, 6.07) is 7.46. The highest BCUT2D eigenvalue weighted by Gasteiger charge is 2.49. The van der Waals surface area contributed by atoms with E-state index in [1.807, 2.05) is 24.3 Å². The van der Waals surface area contributed by atoms with Crippen LogP contribution in [-0.2, 0) is 30.3 Å². The van der Waals surface area contributed by atoms with Gasteiger partial charge in [0, 0.05) is 4.47 Å². The van der Waals surface area contributed by atoms with Crippen LogP contribution < -0.4 is 5.73 Å². The molecule has 0 spiro atoms. The van der Waals surface area contributed by atoms with Crippen LogP contribution in [0.1, 0.15) is 32.3 Å². The average Bonchev–Trinajstić information content (AvgIpc) is 2.53. The van der Waals surface area contributed by atoms with Gasteiger partial charge in [0.15, 0.2) is 5.41 Å². The van der Waals surface area contributed by atoms with E-state index in [2.05, 4.69) is 15.9 Å². The summed E-state index contributed by atoms with van der Waals surface area (Å²) in [5, 5.41) is 0. The van der Waals surface area contributed by atoms with Crippen molar-refractivity contribution in [3.05, 3.63) is 34.3 Å². The van der Waals surface area contributed by atoms with Gasteiger partial charge in [0.1, 0.15) is 0 Å². The fourth-order valence-corrected chi connectivity index (χ4v) is 2.63. The first-order valence-corrected chi connectivity index (χ1v) is 8.52. The Morgan fingerprint density at radius 3 is 1.96 bits per heavy atom. The molecule has 0 bridgehead atoms. The van der Waals surface area contributed by atoms with Crippen molar-refractivity contribution in [3.8, 4) is 0 Å². The van der Waals surface area contributed by atoms with Gasteiger partial charge in [-0.05, 0) is 44.4 Å². The van der Waals surface area contributed by atoms with Crippen molar-refractivity contribution in [1.82, 2.24) is 0 Å². The third-order valence-electron chi connectivity index (χ3n) is 3.56. The van der Waals surface area contributed by atoms with Crippen LogP contribution in [0.5, 0.6) is 0 Å². The molecule has 1 rings (SSSR count). The van der Waals surface area contributed by atoms with Gasteiger partial charge in [0.05, 0.1) is 19.6 Å². The summed E-state index contributed by atoms with van der Waals surface area (Å²) in [5.74, 6) is -2.31. The van der Waals surface area contributed by atoms with Crippen LogP contribution in [0.25, 0.3) is 0 Å². The minimum absolute atomic E-state index is 0.0786. The van der Waals surface area contributed by atoms with Crippen molar-refractivity contribution < 1.29 is 23.9 Å². The minimum atomic E-state index is -1.72. The maximum Gasteiger partial charge on any atom is 0.324 e. The Morgan fingerprint density at radius 1 is 1.04 bits per heavy atom. The maximum absolute atomic E-state index is 12.5. The van der Waals surface area contributed by atoms with E-state index < -0.39 is 29.7 Å². The quantitative estimate of drug-likeness (QED) is 0.507. The predicted octanol–water partition coefficient (Wildman–Crippen LogP) is 2.37. The van der Waals surface area contributed by atoms with Crippen LogP contribution >= 0.6 is 15.9 Å². The molecule has 132 valence electrons. The largest absolute Gasteiger partial charge is 0.465 e. The molecule has 0 saturated heterocycles. The van der Waals surface area contributed by atoms with Gasteiger partial charge in [-0.15, -0.1) is 0 Å². The molecule has 0 unspecified atom stereocenters. The zero-order valence-electron chi connectivity index (χ0n) is 13.8. The number of amides is 1. The third kappa shape index (κ3) is 5.33. The number of ether oxygens (including phenoxy) is 2. The molecule has 0 heterocycles. The molecule has 6 nitrogen and oxygen atoms in total. The fourth-order valence-electron chi connectivity index (χ4n) is 2.36. The fraction of sp³-hybridized carbons (Fsp3) is 0.471. The minimum Gasteiger partial charge on any atom is -0.465 e. The lowest BCUT2D eigenvalue weighted by Crippen LogP contribution is -2.45. The van der Waals surface area contributed by atoms with Crippen LogP contribution in [0.4, 0.5) is 0 Å². The number of hydrogen-bond acceptors (Lipinski definition) is 5. The summed E-state index contributed by atoms with van der Waals surface area (Å²) in [4.78, 5) is 36.4. The molecular formula is C17H22BrNO5. The first-order valence-electron chi connectivity index (χ1n) is 7.73.